The van der Waals surface area contributed by atoms with E-state index in [1.54, 1.807) is 0 Å². The predicted molar refractivity (Wildman–Crippen MR) is 76.7 cm³/mol. The molecule has 0 fully saturated rings. The van der Waals surface area contributed by atoms with Gasteiger partial charge in [0.15, 0.2) is 0 Å². The molecule has 18 heavy (non-hydrogen) atoms. The second kappa shape index (κ2) is 5.21. The average molecular weight is 260 g/mol. The van der Waals surface area contributed by atoms with Gasteiger partial charge in [0.25, 0.3) is 0 Å². The van der Waals surface area contributed by atoms with Crippen LogP contribution in [0.2, 0.25) is 0 Å². The van der Waals surface area contributed by atoms with Crippen LogP contribution < -0.4 is 5.73 Å². The van der Waals surface area contributed by atoms with E-state index in [9.17, 15) is 0 Å². The van der Waals surface area contributed by atoms with Crippen molar-refractivity contribution >= 4 is 23.4 Å². The van der Waals surface area contributed by atoms with Gasteiger partial charge >= 0.3 is 0 Å². The summed E-state index contributed by atoms with van der Waals surface area (Å²) in [4.78, 5) is 7.86. The first-order chi connectivity index (χ1) is 8.36. The minimum atomic E-state index is 0. The molecule has 0 aliphatic rings. The van der Waals surface area contributed by atoms with Gasteiger partial charge in [-0.25, -0.2) is 4.98 Å². The van der Waals surface area contributed by atoms with Crippen LogP contribution in [0.15, 0.2) is 48.5 Å². The number of nitrogens with zero attached hydrogens (tertiary/aromatic N) is 1. The number of aromatic nitrogens is 2. The van der Waals surface area contributed by atoms with Gasteiger partial charge in [-0.3, -0.25) is 0 Å². The first kappa shape index (κ1) is 12.6. The van der Waals surface area contributed by atoms with Crippen molar-refractivity contribution in [1.82, 2.24) is 9.97 Å². The van der Waals surface area contributed by atoms with Gasteiger partial charge in [-0.2, -0.15) is 0 Å². The van der Waals surface area contributed by atoms with Crippen molar-refractivity contribution in [3.63, 3.8) is 0 Å². The Morgan fingerprint density at radius 3 is 2.39 bits per heavy atom. The van der Waals surface area contributed by atoms with Gasteiger partial charge in [0.2, 0.25) is 0 Å². The summed E-state index contributed by atoms with van der Waals surface area (Å²) >= 11 is 0. The first-order valence-electron chi connectivity index (χ1n) is 5.61. The Bertz CT molecular complexity index is 610. The topological polar surface area (TPSA) is 54.7 Å². The Balaban J connectivity index is 0.00000120. The van der Waals surface area contributed by atoms with E-state index < -0.39 is 0 Å². The van der Waals surface area contributed by atoms with Crippen molar-refractivity contribution in [1.29, 1.82) is 0 Å². The molecule has 3 N–H and O–H groups in total. The first-order valence-corrected chi connectivity index (χ1v) is 5.61. The minimum Gasteiger partial charge on any atom is -0.338 e. The molecule has 3 aromatic rings. The van der Waals surface area contributed by atoms with Crippen LogP contribution in [0.5, 0.6) is 0 Å². The molecule has 1 heterocycles. The van der Waals surface area contributed by atoms with Crippen molar-refractivity contribution in [2.24, 2.45) is 5.73 Å². The molecule has 0 saturated carbocycles. The fourth-order valence-corrected chi connectivity index (χ4v) is 1.89. The Labute approximate surface area is 111 Å². The van der Waals surface area contributed by atoms with Crippen LogP contribution in [0.25, 0.3) is 22.4 Å². The third kappa shape index (κ3) is 2.23. The number of imidazole rings is 1. The summed E-state index contributed by atoms with van der Waals surface area (Å²) in [7, 11) is 0. The lowest BCUT2D eigenvalue weighted by molar-refractivity contribution is 1.07. The maximum Gasteiger partial charge on any atom is 0.138 e. The molecular formula is C14H14ClN3. The number of aromatic amines is 1. The Hall–Kier alpha value is -1.84. The normalized spacial score (nSPS) is 10.3. The van der Waals surface area contributed by atoms with Crippen LogP contribution in [-0.4, -0.2) is 9.97 Å². The minimum absolute atomic E-state index is 0. The van der Waals surface area contributed by atoms with E-state index in [0.717, 1.165) is 28.0 Å². The number of fused-ring (bicyclic) bond motifs is 1. The lowest BCUT2D eigenvalue weighted by atomic mass is 10.1. The van der Waals surface area contributed by atoms with Gasteiger partial charge in [0, 0.05) is 12.1 Å². The molecule has 92 valence electrons. The van der Waals surface area contributed by atoms with Crippen molar-refractivity contribution < 1.29 is 0 Å². The molecule has 0 amide bonds. The molecule has 0 spiro atoms. The van der Waals surface area contributed by atoms with E-state index in [1.165, 1.54) is 0 Å². The molecule has 2 aromatic carbocycles. The number of para-hydroxylation sites is 2. The Morgan fingerprint density at radius 1 is 1.00 bits per heavy atom. The molecule has 3 rings (SSSR count). The highest BCUT2D eigenvalue weighted by Gasteiger charge is 2.03. The van der Waals surface area contributed by atoms with E-state index >= 15 is 0 Å². The standard InChI is InChI=1S/C14H13N3.ClH/c15-9-10-5-7-11(8-6-10)14-16-12-3-1-2-4-13(12)17-14;/h1-8H,9,15H2,(H,16,17);1H. The van der Waals surface area contributed by atoms with Crippen LogP contribution >= 0.6 is 12.4 Å². The monoisotopic (exact) mass is 259 g/mol. The van der Waals surface area contributed by atoms with Crippen molar-refractivity contribution in [3.8, 4) is 11.4 Å². The van der Waals surface area contributed by atoms with E-state index in [2.05, 4.69) is 9.97 Å². The number of nitrogens with one attached hydrogen (secondary N) is 1. The molecular weight excluding hydrogens is 246 g/mol. The van der Waals surface area contributed by atoms with Crippen LogP contribution in [0, 0.1) is 0 Å². The average Bonchev–Trinajstić information content (AvgIpc) is 2.82. The summed E-state index contributed by atoms with van der Waals surface area (Å²) in [5, 5.41) is 0. The molecule has 4 heteroatoms. The predicted octanol–water partition coefficient (Wildman–Crippen LogP) is 3.11. The summed E-state index contributed by atoms with van der Waals surface area (Å²) in [5.74, 6) is 0.898. The third-order valence-electron chi connectivity index (χ3n) is 2.85. The quantitative estimate of drug-likeness (QED) is 0.743. The zero-order valence-electron chi connectivity index (χ0n) is 9.76. The molecule has 0 bridgehead atoms. The van der Waals surface area contributed by atoms with E-state index in [4.69, 9.17) is 5.73 Å². The van der Waals surface area contributed by atoms with Crippen LogP contribution in [0.1, 0.15) is 5.56 Å². The SMILES string of the molecule is Cl.NCc1ccc(-c2nc3ccccc3[nH]2)cc1. The Kier molecular flexibility index (Phi) is 3.65. The number of nitrogens with two attached hydrogens (primary N) is 1. The highest BCUT2D eigenvalue weighted by atomic mass is 35.5. The molecule has 0 radical (unpaired) electrons. The third-order valence-corrected chi connectivity index (χ3v) is 2.85. The molecule has 0 saturated heterocycles. The van der Waals surface area contributed by atoms with Gasteiger partial charge in [0.1, 0.15) is 5.82 Å². The summed E-state index contributed by atoms with van der Waals surface area (Å²) in [6.45, 7) is 0.570. The fraction of sp³-hybridized carbons (Fsp3) is 0.0714. The molecule has 0 atom stereocenters. The molecule has 3 nitrogen and oxygen atoms in total. The molecule has 0 unspecified atom stereocenters. The number of benzene rings is 2. The zero-order chi connectivity index (χ0) is 11.7. The second-order valence-electron chi connectivity index (χ2n) is 4.00. The molecule has 0 aliphatic heterocycles. The number of H-pyrrole nitrogens is 1. The Morgan fingerprint density at radius 2 is 1.72 bits per heavy atom. The van der Waals surface area contributed by atoms with Crippen LogP contribution in [0.3, 0.4) is 0 Å². The molecule has 1 aromatic heterocycles. The van der Waals surface area contributed by atoms with E-state index in [-0.39, 0.29) is 12.4 Å². The van der Waals surface area contributed by atoms with Gasteiger partial charge in [-0.05, 0) is 17.7 Å². The lowest BCUT2D eigenvalue weighted by Gasteiger charge is -1.98. The van der Waals surface area contributed by atoms with Crippen LogP contribution in [-0.2, 0) is 6.54 Å². The highest BCUT2D eigenvalue weighted by Crippen LogP contribution is 2.20. The molecule has 0 aliphatic carbocycles. The number of halogens is 1. The van der Waals surface area contributed by atoms with Crippen LogP contribution in [0.4, 0.5) is 0 Å². The summed E-state index contributed by atoms with van der Waals surface area (Å²) in [5.41, 5.74) is 9.84. The van der Waals surface area contributed by atoms with Crippen molar-refractivity contribution in [2.75, 3.05) is 0 Å². The second-order valence-corrected chi connectivity index (χ2v) is 4.00. The highest BCUT2D eigenvalue weighted by molar-refractivity contribution is 5.85. The zero-order valence-corrected chi connectivity index (χ0v) is 10.6. The van der Waals surface area contributed by atoms with Gasteiger partial charge in [-0.15, -0.1) is 12.4 Å². The van der Waals surface area contributed by atoms with Crippen molar-refractivity contribution in [2.45, 2.75) is 6.54 Å². The maximum absolute atomic E-state index is 5.58. The number of hydrogen-bond donors (Lipinski definition) is 2. The van der Waals surface area contributed by atoms with E-state index in [0.29, 0.717) is 6.54 Å². The van der Waals surface area contributed by atoms with Gasteiger partial charge in [0.05, 0.1) is 11.0 Å². The largest absolute Gasteiger partial charge is 0.338 e. The summed E-state index contributed by atoms with van der Waals surface area (Å²) in [6.07, 6.45) is 0. The van der Waals surface area contributed by atoms with Gasteiger partial charge in [-0.1, -0.05) is 36.4 Å². The maximum atomic E-state index is 5.58. The lowest BCUT2D eigenvalue weighted by Crippen LogP contribution is -1.95. The summed E-state index contributed by atoms with van der Waals surface area (Å²) in [6, 6.07) is 16.2. The number of rotatable bonds is 2. The van der Waals surface area contributed by atoms with Crippen molar-refractivity contribution in [3.05, 3.63) is 54.1 Å². The number of hydrogen-bond acceptors (Lipinski definition) is 2. The summed E-state index contributed by atoms with van der Waals surface area (Å²) < 4.78 is 0. The fourth-order valence-electron chi connectivity index (χ4n) is 1.89. The van der Waals surface area contributed by atoms with Gasteiger partial charge < -0.3 is 10.7 Å². The smallest absolute Gasteiger partial charge is 0.138 e. The van der Waals surface area contributed by atoms with E-state index in [1.807, 2.05) is 48.5 Å².